The van der Waals surface area contributed by atoms with E-state index in [0.717, 1.165) is 12.1 Å². The van der Waals surface area contributed by atoms with Gasteiger partial charge in [0.2, 0.25) is 0 Å². The molecule has 0 bridgehead atoms. The van der Waals surface area contributed by atoms with Crippen molar-refractivity contribution in [3.8, 4) is 0 Å². The Morgan fingerprint density at radius 1 is 1.12 bits per heavy atom. The van der Waals surface area contributed by atoms with E-state index in [2.05, 4.69) is 20.9 Å². The highest BCUT2D eigenvalue weighted by atomic mass is 35.5. The van der Waals surface area contributed by atoms with Crippen LogP contribution in [0.25, 0.3) is 0 Å². The number of alkyl carbamates (subject to hydrolysis) is 1. The molecule has 6 nitrogen and oxygen atoms in total. The highest BCUT2D eigenvalue weighted by molar-refractivity contribution is 6.30. The lowest BCUT2D eigenvalue weighted by Crippen LogP contribution is -2.42. The molecule has 0 saturated heterocycles. The van der Waals surface area contributed by atoms with Gasteiger partial charge in [-0.15, -0.1) is 0 Å². The van der Waals surface area contributed by atoms with E-state index in [1.165, 1.54) is 0 Å². The van der Waals surface area contributed by atoms with Gasteiger partial charge in [0, 0.05) is 24.7 Å². The van der Waals surface area contributed by atoms with Crippen molar-refractivity contribution < 1.29 is 9.53 Å². The smallest absolute Gasteiger partial charge is 0.407 e. The number of guanidine groups is 1. The maximum absolute atomic E-state index is 11.5. The Morgan fingerprint density at radius 2 is 1.75 bits per heavy atom. The molecule has 1 aromatic carbocycles. The topological polar surface area (TPSA) is 74.8 Å². The Balaban J connectivity index is 2.38. The molecule has 0 spiro atoms. The zero-order valence-corrected chi connectivity index (χ0v) is 15.5. The molecule has 24 heavy (non-hydrogen) atoms. The van der Waals surface area contributed by atoms with E-state index in [0.29, 0.717) is 30.6 Å². The normalized spacial score (nSPS) is 11.8. The molecule has 1 aromatic rings. The van der Waals surface area contributed by atoms with Crippen LogP contribution in [0.1, 0.15) is 33.3 Å². The van der Waals surface area contributed by atoms with Crippen molar-refractivity contribution in [2.75, 3.05) is 19.6 Å². The van der Waals surface area contributed by atoms with E-state index < -0.39 is 11.7 Å². The molecule has 0 fully saturated rings. The Hall–Kier alpha value is -1.95. The molecule has 3 N–H and O–H groups in total. The lowest BCUT2D eigenvalue weighted by atomic mass is 10.2. The monoisotopic (exact) mass is 354 g/mol. The summed E-state index contributed by atoms with van der Waals surface area (Å²) in [5, 5.41) is 9.73. The number of carbonyl (C=O) groups is 1. The number of halogens is 1. The van der Waals surface area contributed by atoms with Gasteiger partial charge in [0.05, 0.1) is 6.54 Å². The molecule has 0 atom stereocenters. The summed E-state index contributed by atoms with van der Waals surface area (Å²) in [7, 11) is 0. The second-order valence-corrected chi connectivity index (χ2v) is 6.61. The van der Waals surface area contributed by atoms with Crippen LogP contribution in [0.3, 0.4) is 0 Å². The van der Waals surface area contributed by atoms with Crippen LogP contribution < -0.4 is 16.0 Å². The second kappa shape index (κ2) is 10.0. The van der Waals surface area contributed by atoms with Crippen LogP contribution in [0.4, 0.5) is 4.79 Å². The minimum Gasteiger partial charge on any atom is -0.444 e. The molecule has 0 radical (unpaired) electrons. The molecule has 0 aliphatic heterocycles. The van der Waals surface area contributed by atoms with Crippen LogP contribution in [0.15, 0.2) is 29.3 Å². The molecule has 1 rings (SSSR count). The summed E-state index contributed by atoms with van der Waals surface area (Å²) < 4.78 is 5.17. The summed E-state index contributed by atoms with van der Waals surface area (Å²) in [4.78, 5) is 16.0. The average Bonchev–Trinajstić information content (AvgIpc) is 2.49. The Kier molecular flexibility index (Phi) is 8.40. The predicted molar refractivity (Wildman–Crippen MR) is 98.5 cm³/mol. The molecule has 1 amide bonds. The van der Waals surface area contributed by atoms with Crippen molar-refractivity contribution in [2.24, 2.45) is 4.99 Å². The fourth-order valence-corrected chi connectivity index (χ4v) is 1.89. The number of nitrogens with zero attached hydrogens (tertiary/aromatic N) is 1. The number of benzene rings is 1. The first-order valence-corrected chi connectivity index (χ1v) is 8.41. The zero-order chi connectivity index (χ0) is 18.0. The summed E-state index contributed by atoms with van der Waals surface area (Å²) in [5.74, 6) is 0.693. The van der Waals surface area contributed by atoms with Crippen molar-refractivity contribution in [2.45, 2.75) is 39.8 Å². The molecule has 134 valence electrons. The van der Waals surface area contributed by atoms with Gasteiger partial charge in [0.1, 0.15) is 5.60 Å². The Morgan fingerprint density at radius 3 is 2.33 bits per heavy atom. The van der Waals surface area contributed by atoms with Crippen molar-refractivity contribution >= 4 is 23.7 Å². The van der Waals surface area contributed by atoms with E-state index in [9.17, 15) is 4.79 Å². The first kappa shape index (κ1) is 20.1. The van der Waals surface area contributed by atoms with Gasteiger partial charge >= 0.3 is 6.09 Å². The maximum atomic E-state index is 11.5. The van der Waals surface area contributed by atoms with Gasteiger partial charge in [-0.05, 0) is 45.4 Å². The molecular weight excluding hydrogens is 328 g/mol. The first-order valence-electron chi connectivity index (χ1n) is 8.03. The zero-order valence-electron chi connectivity index (χ0n) is 14.8. The molecule has 7 heteroatoms. The van der Waals surface area contributed by atoms with Gasteiger partial charge in [-0.1, -0.05) is 23.7 Å². The number of rotatable bonds is 6. The largest absolute Gasteiger partial charge is 0.444 e. The molecule has 0 heterocycles. The molecule has 0 aromatic heterocycles. The molecule has 0 aliphatic rings. The highest BCUT2D eigenvalue weighted by Gasteiger charge is 2.15. The van der Waals surface area contributed by atoms with E-state index in [1.807, 2.05) is 52.0 Å². The van der Waals surface area contributed by atoms with Crippen LogP contribution in [-0.4, -0.2) is 37.3 Å². The SMILES string of the molecule is CCNC(=NCc1ccc(Cl)cc1)NCCNC(=O)OC(C)(C)C. The maximum Gasteiger partial charge on any atom is 0.407 e. The third-order valence-corrected chi connectivity index (χ3v) is 3.01. The van der Waals surface area contributed by atoms with Gasteiger partial charge in [0.15, 0.2) is 5.96 Å². The summed E-state index contributed by atoms with van der Waals surface area (Å²) in [6.45, 7) is 9.79. The number of ether oxygens (including phenoxy) is 1. The number of carbonyl (C=O) groups excluding carboxylic acids is 1. The van der Waals surface area contributed by atoms with E-state index in [4.69, 9.17) is 16.3 Å². The fourth-order valence-electron chi connectivity index (χ4n) is 1.76. The van der Waals surface area contributed by atoms with Gasteiger partial charge < -0.3 is 20.7 Å². The molecular formula is C17H27ClN4O2. The average molecular weight is 355 g/mol. The highest BCUT2D eigenvalue weighted by Crippen LogP contribution is 2.10. The quantitative estimate of drug-likeness (QED) is 0.417. The Bertz CT molecular complexity index is 539. The van der Waals surface area contributed by atoms with Crippen molar-refractivity contribution in [1.82, 2.24) is 16.0 Å². The number of aliphatic imine (C=N–C) groups is 1. The molecule has 0 saturated carbocycles. The lowest BCUT2D eigenvalue weighted by Gasteiger charge is -2.19. The Labute approximate surface area is 149 Å². The van der Waals surface area contributed by atoms with Crippen molar-refractivity contribution in [1.29, 1.82) is 0 Å². The third-order valence-electron chi connectivity index (χ3n) is 2.76. The summed E-state index contributed by atoms with van der Waals surface area (Å²) >= 11 is 5.87. The predicted octanol–water partition coefficient (Wildman–Crippen LogP) is 2.92. The van der Waals surface area contributed by atoms with Gasteiger partial charge in [-0.25, -0.2) is 9.79 Å². The van der Waals surface area contributed by atoms with Crippen LogP contribution in [0, 0.1) is 0 Å². The van der Waals surface area contributed by atoms with Crippen molar-refractivity contribution in [3.63, 3.8) is 0 Å². The summed E-state index contributed by atoms with van der Waals surface area (Å²) in [6, 6.07) is 7.58. The summed E-state index contributed by atoms with van der Waals surface area (Å²) in [5.41, 5.74) is 0.579. The van der Waals surface area contributed by atoms with E-state index in [1.54, 1.807) is 0 Å². The number of hydrogen-bond acceptors (Lipinski definition) is 3. The van der Waals surface area contributed by atoms with Gasteiger partial charge in [-0.2, -0.15) is 0 Å². The second-order valence-electron chi connectivity index (χ2n) is 6.18. The molecule has 0 unspecified atom stereocenters. The summed E-state index contributed by atoms with van der Waals surface area (Å²) in [6.07, 6.45) is -0.424. The van der Waals surface area contributed by atoms with Gasteiger partial charge in [-0.3, -0.25) is 0 Å². The van der Waals surface area contributed by atoms with E-state index in [-0.39, 0.29) is 0 Å². The molecule has 0 aliphatic carbocycles. The third kappa shape index (κ3) is 9.25. The van der Waals surface area contributed by atoms with Crippen LogP contribution in [0.5, 0.6) is 0 Å². The standard InChI is InChI=1S/C17H27ClN4O2/c1-5-19-15(22-12-13-6-8-14(18)9-7-13)20-10-11-21-16(23)24-17(2,3)4/h6-9H,5,10-12H2,1-4H3,(H,21,23)(H2,19,20,22). The van der Waals surface area contributed by atoms with Crippen LogP contribution >= 0.6 is 11.6 Å². The minimum atomic E-state index is -0.494. The number of amides is 1. The van der Waals surface area contributed by atoms with Gasteiger partial charge in [0.25, 0.3) is 0 Å². The number of nitrogens with one attached hydrogen (secondary N) is 3. The fraction of sp³-hybridized carbons (Fsp3) is 0.529. The van der Waals surface area contributed by atoms with Crippen LogP contribution in [0.2, 0.25) is 5.02 Å². The lowest BCUT2D eigenvalue weighted by molar-refractivity contribution is 0.0529. The first-order chi connectivity index (χ1) is 11.3. The van der Waals surface area contributed by atoms with E-state index >= 15 is 0 Å². The van der Waals surface area contributed by atoms with Crippen molar-refractivity contribution in [3.05, 3.63) is 34.9 Å². The minimum absolute atomic E-state index is 0.424. The van der Waals surface area contributed by atoms with Crippen LogP contribution in [-0.2, 0) is 11.3 Å². The number of hydrogen-bond donors (Lipinski definition) is 3.